The zero-order chi connectivity index (χ0) is 18.3. The van der Waals surface area contributed by atoms with Crippen molar-refractivity contribution in [3.05, 3.63) is 12.2 Å². The minimum atomic E-state index is -1.09. The van der Waals surface area contributed by atoms with Gasteiger partial charge in [0.1, 0.15) is 6.10 Å². The second kappa shape index (κ2) is 8.95. The van der Waals surface area contributed by atoms with E-state index in [4.69, 9.17) is 14.2 Å². The Bertz CT molecular complexity index is 562. The summed E-state index contributed by atoms with van der Waals surface area (Å²) in [7, 11) is 0. The summed E-state index contributed by atoms with van der Waals surface area (Å²) in [5.41, 5.74) is 0. The lowest BCUT2D eigenvalue weighted by atomic mass is 10.1. The van der Waals surface area contributed by atoms with Crippen LogP contribution in [0.25, 0.3) is 0 Å². The third kappa shape index (κ3) is 6.72. The molecule has 8 nitrogen and oxygen atoms in total. The molecule has 0 spiro atoms. The van der Waals surface area contributed by atoms with Crippen molar-refractivity contribution in [3.8, 4) is 0 Å². The predicted molar refractivity (Wildman–Crippen MR) is 79.7 cm³/mol. The van der Waals surface area contributed by atoms with Crippen molar-refractivity contribution in [2.75, 3.05) is 0 Å². The fourth-order valence-corrected chi connectivity index (χ4v) is 1.85. The highest BCUT2D eigenvalue weighted by Crippen LogP contribution is 2.08. The molecular formula is C16H20O8. The van der Waals surface area contributed by atoms with Crippen LogP contribution < -0.4 is 0 Å². The lowest BCUT2D eigenvalue weighted by Crippen LogP contribution is -2.28. The number of hydrogen-bond acceptors (Lipinski definition) is 8. The number of ketones is 2. The van der Waals surface area contributed by atoms with Crippen molar-refractivity contribution < 1.29 is 38.2 Å². The van der Waals surface area contributed by atoms with Gasteiger partial charge in [0.25, 0.3) is 0 Å². The second-order valence-corrected chi connectivity index (χ2v) is 5.42. The molecule has 3 atom stereocenters. The van der Waals surface area contributed by atoms with Crippen LogP contribution in [0.15, 0.2) is 12.2 Å². The van der Waals surface area contributed by atoms with Crippen molar-refractivity contribution in [1.29, 1.82) is 0 Å². The first-order valence-electron chi connectivity index (χ1n) is 7.53. The minimum Gasteiger partial charge on any atom is -0.459 e. The zero-order valence-corrected chi connectivity index (χ0v) is 13.8. The van der Waals surface area contributed by atoms with E-state index < -0.39 is 47.8 Å². The molecule has 0 N–H and O–H groups in total. The molecule has 1 aliphatic heterocycles. The van der Waals surface area contributed by atoms with Gasteiger partial charge in [0, 0.05) is 12.5 Å². The van der Waals surface area contributed by atoms with E-state index in [0.29, 0.717) is 0 Å². The fourth-order valence-electron chi connectivity index (χ4n) is 1.85. The van der Waals surface area contributed by atoms with Crippen molar-refractivity contribution in [3.63, 3.8) is 0 Å². The van der Waals surface area contributed by atoms with E-state index in [-0.39, 0.29) is 19.3 Å². The van der Waals surface area contributed by atoms with Gasteiger partial charge in [-0.25, -0.2) is 4.79 Å². The molecule has 1 unspecified atom stereocenters. The largest absolute Gasteiger partial charge is 0.459 e. The summed E-state index contributed by atoms with van der Waals surface area (Å²) in [6, 6.07) is 0. The Kier molecular flexibility index (Phi) is 7.29. The van der Waals surface area contributed by atoms with Crippen molar-refractivity contribution >= 4 is 29.5 Å². The molecule has 0 amide bonds. The molecule has 132 valence electrons. The molecule has 0 aromatic rings. The van der Waals surface area contributed by atoms with Crippen LogP contribution in [0.4, 0.5) is 0 Å². The fraction of sp³-hybridized carbons (Fsp3) is 0.562. The molecule has 0 saturated carbocycles. The van der Waals surface area contributed by atoms with Gasteiger partial charge in [0.2, 0.25) is 0 Å². The molecule has 8 heteroatoms. The normalized spacial score (nSPS) is 29.5. The van der Waals surface area contributed by atoms with E-state index in [9.17, 15) is 24.0 Å². The van der Waals surface area contributed by atoms with Crippen molar-refractivity contribution in [2.45, 2.75) is 58.3 Å². The van der Waals surface area contributed by atoms with Crippen LogP contribution in [0.2, 0.25) is 0 Å². The molecule has 0 aliphatic carbocycles. The van der Waals surface area contributed by atoms with Gasteiger partial charge >= 0.3 is 17.9 Å². The standard InChI is InChI=1S/C16H20O8/c1-9-8-16(21)24-11(3)13(18)5-7-15(20)23-10(2)12(17)4-6-14(19)22-9/h4,6,9-11H,5,7-8H2,1-3H3/b6-4+/t9?,10-,11-/m0/s1. The highest BCUT2D eigenvalue weighted by atomic mass is 16.6. The van der Waals surface area contributed by atoms with Crippen LogP contribution >= 0.6 is 0 Å². The van der Waals surface area contributed by atoms with Crippen molar-refractivity contribution in [1.82, 2.24) is 0 Å². The SMILES string of the molecule is CC1CC(=O)O[C@@H](C)C(=O)CCC(=O)O[C@@H](C)C(=O)/C=C/C(=O)O1. The number of cyclic esters (lactones) is 3. The van der Waals surface area contributed by atoms with Gasteiger partial charge in [-0.2, -0.15) is 0 Å². The third-order valence-electron chi connectivity index (χ3n) is 3.20. The monoisotopic (exact) mass is 340 g/mol. The highest BCUT2D eigenvalue weighted by molar-refractivity contribution is 5.99. The molecule has 0 bridgehead atoms. The maximum atomic E-state index is 11.8. The number of ether oxygens (including phenoxy) is 3. The predicted octanol–water partition coefficient (Wildman–Crippen LogP) is 0.660. The minimum absolute atomic E-state index is 0.172. The summed E-state index contributed by atoms with van der Waals surface area (Å²) in [6.07, 6.45) is -1.71. The maximum Gasteiger partial charge on any atom is 0.331 e. The summed E-state index contributed by atoms with van der Waals surface area (Å²) in [5.74, 6) is -3.31. The van der Waals surface area contributed by atoms with E-state index >= 15 is 0 Å². The molecule has 0 fully saturated rings. The molecule has 0 aromatic carbocycles. The number of carbonyl (C=O) groups excluding carboxylic acids is 5. The van der Waals surface area contributed by atoms with Crippen molar-refractivity contribution in [2.24, 2.45) is 0 Å². The van der Waals surface area contributed by atoms with E-state index in [1.54, 1.807) is 0 Å². The van der Waals surface area contributed by atoms with E-state index in [2.05, 4.69) is 0 Å². The molecule has 1 rings (SSSR count). The summed E-state index contributed by atoms with van der Waals surface area (Å²) < 4.78 is 14.7. The lowest BCUT2D eigenvalue weighted by molar-refractivity contribution is -0.159. The summed E-state index contributed by atoms with van der Waals surface area (Å²) >= 11 is 0. The van der Waals surface area contributed by atoms with Gasteiger partial charge in [-0.15, -0.1) is 0 Å². The summed E-state index contributed by atoms with van der Waals surface area (Å²) in [5, 5.41) is 0. The second-order valence-electron chi connectivity index (χ2n) is 5.42. The van der Waals surface area contributed by atoms with Gasteiger partial charge in [-0.3, -0.25) is 19.2 Å². The third-order valence-corrected chi connectivity index (χ3v) is 3.20. The Labute approximate surface area is 139 Å². The Morgan fingerprint density at radius 3 is 2.08 bits per heavy atom. The average molecular weight is 340 g/mol. The number of esters is 3. The summed E-state index contributed by atoms with van der Waals surface area (Å²) in [6.45, 7) is 4.23. The zero-order valence-electron chi connectivity index (χ0n) is 13.8. The molecule has 0 aromatic heterocycles. The van der Waals surface area contributed by atoms with Gasteiger partial charge < -0.3 is 14.2 Å². The highest BCUT2D eigenvalue weighted by Gasteiger charge is 2.23. The maximum absolute atomic E-state index is 11.8. The van der Waals surface area contributed by atoms with Gasteiger partial charge in [-0.1, -0.05) is 0 Å². The van der Waals surface area contributed by atoms with Crippen LogP contribution in [-0.2, 0) is 38.2 Å². The first-order valence-corrected chi connectivity index (χ1v) is 7.53. The van der Waals surface area contributed by atoms with Crippen LogP contribution in [0.5, 0.6) is 0 Å². The van der Waals surface area contributed by atoms with Gasteiger partial charge in [0.05, 0.1) is 12.8 Å². The molecule has 1 heterocycles. The Hall–Kier alpha value is -2.51. The van der Waals surface area contributed by atoms with Crippen LogP contribution in [0.3, 0.4) is 0 Å². The number of carbonyl (C=O) groups is 5. The van der Waals surface area contributed by atoms with Crippen LogP contribution in [0, 0.1) is 0 Å². The Morgan fingerprint density at radius 2 is 1.42 bits per heavy atom. The smallest absolute Gasteiger partial charge is 0.331 e. The molecule has 0 radical (unpaired) electrons. The topological polar surface area (TPSA) is 113 Å². The van der Waals surface area contributed by atoms with Gasteiger partial charge in [-0.05, 0) is 26.8 Å². The van der Waals surface area contributed by atoms with Gasteiger partial charge in [0.15, 0.2) is 23.8 Å². The van der Waals surface area contributed by atoms with E-state index in [1.807, 2.05) is 0 Å². The Balaban J connectivity index is 2.87. The van der Waals surface area contributed by atoms with Crippen LogP contribution in [-0.4, -0.2) is 47.8 Å². The van der Waals surface area contributed by atoms with E-state index in [1.165, 1.54) is 20.8 Å². The number of hydrogen-bond donors (Lipinski definition) is 0. The Morgan fingerprint density at radius 1 is 0.792 bits per heavy atom. The summed E-state index contributed by atoms with van der Waals surface area (Å²) in [4.78, 5) is 58.4. The quantitative estimate of drug-likeness (QED) is 0.467. The first-order chi connectivity index (χ1) is 11.2. The molecule has 24 heavy (non-hydrogen) atoms. The molecule has 0 saturated heterocycles. The molecular weight excluding hydrogens is 320 g/mol. The lowest BCUT2D eigenvalue weighted by Gasteiger charge is -2.16. The first kappa shape index (κ1) is 19.5. The van der Waals surface area contributed by atoms with Crippen LogP contribution in [0.1, 0.15) is 40.0 Å². The van der Waals surface area contributed by atoms with E-state index in [0.717, 1.165) is 12.2 Å². The average Bonchev–Trinajstić information content (AvgIpc) is 2.48. The number of Topliss-reactive ketones (excluding diaryl/α,β-unsaturated/α-hetero) is 1. The number of rotatable bonds is 0. The molecule has 1 aliphatic rings.